The minimum absolute atomic E-state index is 0. The van der Waals surface area contributed by atoms with Gasteiger partial charge in [-0.1, -0.05) is 19.1 Å². The Balaban J connectivity index is 0.00000208. The summed E-state index contributed by atoms with van der Waals surface area (Å²) in [4.78, 5) is 28.6. The number of fused-ring (bicyclic) bond motifs is 3. The number of nitrogens with one attached hydrogen (secondary N) is 2. The van der Waals surface area contributed by atoms with Crippen LogP contribution in [0.5, 0.6) is 0 Å². The molecular formula is C16H19ClN4O3. The SMILES string of the molecule is CCNCCNC(=O)Cn1cnc2c(oc3ccccc32)c1=O.Cl. The first-order valence-corrected chi connectivity index (χ1v) is 7.55. The van der Waals surface area contributed by atoms with Crippen LogP contribution in [0.15, 0.2) is 39.8 Å². The van der Waals surface area contributed by atoms with Gasteiger partial charge in [0.15, 0.2) is 0 Å². The van der Waals surface area contributed by atoms with Gasteiger partial charge in [-0.3, -0.25) is 14.2 Å². The first-order valence-electron chi connectivity index (χ1n) is 7.55. The van der Waals surface area contributed by atoms with E-state index < -0.39 is 0 Å². The van der Waals surface area contributed by atoms with Gasteiger partial charge in [0.25, 0.3) is 5.56 Å². The molecule has 0 aliphatic rings. The Bertz CT molecular complexity index is 903. The molecule has 0 bridgehead atoms. The monoisotopic (exact) mass is 350 g/mol. The second-order valence-electron chi connectivity index (χ2n) is 5.16. The van der Waals surface area contributed by atoms with Crippen LogP contribution in [0.25, 0.3) is 22.1 Å². The smallest absolute Gasteiger partial charge is 0.297 e. The van der Waals surface area contributed by atoms with Gasteiger partial charge < -0.3 is 15.1 Å². The zero-order valence-corrected chi connectivity index (χ0v) is 14.1. The number of rotatable bonds is 6. The maximum Gasteiger partial charge on any atom is 0.297 e. The number of para-hydroxylation sites is 1. The highest BCUT2D eigenvalue weighted by molar-refractivity contribution is 6.01. The highest BCUT2D eigenvalue weighted by Gasteiger charge is 2.14. The van der Waals surface area contributed by atoms with Crippen molar-refractivity contribution in [1.29, 1.82) is 0 Å². The molecule has 2 heterocycles. The number of carbonyl (C=O) groups is 1. The maximum absolute atomic E-state index is 12.4. The number of carbonyl (C=O) groups excluding carboxylic acids is 1. The minimum atomic E-state index is -0.354. The molecule has 0 saturated heterocycles. The van der Waals surface area contributed by atoms with Crippen molar-refractivity contribution >= 4 is 40.4 Å². The molecule has 0 saturated carbocycles. The average molecular weight is 351 g/mol. The van der Waals surface area contributed by atoms with Crippen LogP contribution in [0.2, 0.25) is 0 Å². The van der Waals surface area contributed by atoms with E-state index in [-0.39, 0.29) is 36.0 Å². The lowest BCUT2D eigenvalue weighted by Gasteiger charge is -2.07. The summed E-state index contributed by atoms with van der Waals surface area (Å²) >= 11 is 0. The first kappa shape index (κ1) is 18.0. The summed E-state index contributed by atoms with van der Waals surface area (Å²) in [6, 6.07) is 7.34. The second-order valence-corrected chi connectivity index (χ2v) is 5.16. The molecule has 2 aromatic heterocycles. The van der Waals surface area contributed by atoms with Crippen LogP contribution in [0.4, 0.5) is 0 Å². The Labute approximate surface area is 144 Å². The standard InChI is InChI=1S/C16H18N4O3.ClH/c1-2-17-7-8-18-13(21)9-20-10-19-14-11-5-3-4-6-12(11)23-15(14)16(20)22;/h3-6,10,17H,2,7-9H2,1H3,(H,18,21);1H. The first-order chi connectivity index (χ1) is 11.2. The second kappa shape index (κ2) is 7.94. The van der Waals surface area contributed by atoms with Gasteiger partial charge in [-0.05, 0) is 18.7 Å². The fourth-order valence-corrected chi connectivity index (χ4v) is 2.41. The van der Waals surface area contributed by atoms with Gasteiger partial charge in [-0.15, -0.1) is 12.4 Å². The highest BCUT2D eigenvalue weighted by Crippen LogP contribution is 2.23. The highest BCUT2D eigenvalue weighted by atomic mass is 35.5. The van der Waals surface area contributed by atoms with E-state index >= 15 is 0 Å². The normalized spacial score (nSPS) is 10.7. The number of amides is 1. The molecule has 0 unspecified atom stereocenters. The van der Waals surface area contributed by atoms with Crippen LogP contribution < -0.4 is 16.2 Å². The molecule has 3 rings (SSSR count). The van der Waals surface area contributed by atoms with Crippen molar-refractivity contribution in [2.24, 2.45) is 0 Å². The maximum atomic E-state index is 12.4. The van der Waals surface area contributed by atoms with E-state index in [2.05, 4.69) is 15.6 Å². The topological polar surface area (TPSA) is 89.2 Å². The Kier molecular flexibility index (Phi) is 5.94. The molecule has 7 nitrogen and oxygen atoms in total. The minimum Gasteiger partial charge on any atom is -0.448 e. The Morgan fingerprint density at radius 3 is 2.88 bits per heavy atom. The molecule has 0 fully saturated rings. The summed E-state index contributed by atoms with van der Waals surface area (Å²) in [5, 5.41) is 6.65. The molecule has 3 aromatic rings. The van der Waals surface area contributed by atoms with Crippen molar-refractivity contribution in [1.82, 2.24) is 20.2 Å². The molecule has 128 valence electrons. The molecule has 8 heteroatoms. The van der Waals surface area contributed by atoms with Gasteiger partial charge in [0.05, 0.1) is 6.33 Å². The van der Waals surface area contributed by atoms with Crippen molar-refractivity contribution in [3.8, 4) is 0 Å². The summed E-state index contributed by atoms with van der Waals surface area (Å²) in [6.45, 7) is 3.97. The number of nitrogens with zero attached hydrogens (tertiary/aromatic N) is 2. The zero-order chi connectivity index (χ0) is 16.2. The largest absolute Gasteiger partial charge is 0.448 e. The lowest BCUT2D eigenvalue weighted by atomic mass is 10.2. The third-order valence-corrected chi connectivity index (χ3v) is 3.54. The molecule has 0 aliphatic carbocycles. The summed E-state index contributed by atoms with van der Waals surface area (Å²) in [5.41, 5.74) is 0.955. The van der Waals surface area contributed by atoms with Crippen LogP contribution in [0.1, 0.15) is 6.92 Å². The van der Waals surface area contributed by atoms with E-state index in [1.165, 1.54) is 10.9 Å². The van der Waals surface area contributed by atoms with E-state index in [4.69, 9.17) is 4.42 Å². The predicted octanol–water partition coefficient (Wildman–Crippen LogP) is 1.29. The van der Waals surface area contributed by atoms with Crippen molar-refractivity contribution in [3.63, 3.8) is 0 Å². The Hall–Kier alpha value is -2.38. The van der Waals surface area contributed by atoms with Gasteiger partial charge >= 0.3 is 0 Å². The van der Waals surface area contributed by atoms with Gasteiger partial charge in [0.1, 0.15) is 17.6 Å². The number of furan rings is 1. The summed E-state index contributed by atoms with van der Waals surface area (Å²) < 4.78 is 6.84. The third-order valence-electron chi connectivity index (χ3n) is 3.54. The molecule has 1 aromatic carbocycles. The lowest BCUT2D eigenvalue weighted by Crippen LogP contribution is -2.36. The third kappa shape index (κ3) is 3.58. The quantitative estimate of drug-likeness (QED) is 0.654. The number of hydrogen-bond donors (Lipinski definition) is 2. The summed E-state index contributed by atoms with van der Waals surface area (Å²) in [5.74, 6) is -0.234. The van der Waals surface area contributed by atoms with E-state index in [0.717, 1.165) is 11.9 Å². The van der Waals surface area contributed by atoms with Crippen molar-refractivity contribution < 1.29 is 9.21 Å². The fourth-order valence-electron chi connectivity index (χ4n) is 2.41. The number of benzene rings is 1. The number of likely N-dealkylation sites (N-methyl/N-ethyl adjacent to an activating group) is 1. The molecule has 0 spiro atoms. The van der Waals surface area contributed by atoms with E-state index in [9.17, 15) is 9.59 Å². The molecule has 0 aliphatic heterocycles. The fraction of sp³-hybridized carbons (Fsp3) is 0.312. The predicted molar refractivity (Wildman–Crippen MR) is 94.6 cm³/mol. The van der Waals surface area contributed by atoms with Crippen LogP contribution >= 0.6 is 12.4 Å². The number of hydrogen-bond acceptors (Lipinski definition) is 5. The van der Waals surface area contributed by atoms with Crippen molar-refractivity contribution in [2.45, 2.75) is 13.5 Å². The zero-order valence-electron chi connectivity index (χ0n) is 13.2. The molecule has 1 amide bonds. The average Bonchev–Trinajstić information content (AvgIpc) is 2.94. The van der Waals surface area contributed by atoms with E-state index in [1.54, 1.807) is 6.07 Å². The van der Waals surface area contributed by atoms with Gasteiger partial charge in [0, 0.05) is 18.5 Å². The number of halogens is 1. The number of aromatic nitrogens is 2. The lowest BCUT2D eigenvalue weighted by molar-refractivity contribution is -0.121. The molecule has 0 atom stereocenters. The molecular weight excluding hydrogens is 332 g/mol. The molecule has 0 radical (unpaired) electrons. The van der Waals surface area contributed by atoms with Gasteiger partial charge in [-0.2, -0.15) is 0 Å². The summed E-state index contributed by atoms with van der Waals surface area (Å²) in [7, 11) is 0. The van der Waals surface area contributed by atoms with Crippen molar-refractivity contribution in [3.05, 3.63) is 40.9 Å². The van der Waals surface area contributed by atoms with Crippen LogP contribution in [-0.2, 0) is 11.3 Å². The Morgan fingerprint density at radius 2 is 2.08 bits per heavy atom. The van der Waals surface area contributed by atoms with Gasteiger partial charge in [-0.25, -0.2) is 4.98 Å². The van der Waals surface area contributed by atoms with Crippen LogP contribution in [0.3, 0.4) is 0 Å². The van der Waals surface area contributed by atoms with Crippen LogP contribution in [-0.4, -0.2) is 35.1 Å². The summed E-state index contributed by atoms with van der Waals surface area (Å²) in [6.07, 6.45) is 1.39. The molecule has 24 heavy (non-hydrogen) atoms. The van der Waals surface area contributed by atoms with Crippen LogP contribution in [0, 0.1) is 0 Å². The molecule has 2 N–H and O–H groups in total. The van der Waals surface area contributed by atoms with E-state index in [0.29, 0.717) is 24.2 Å². The van der Waals surface area contributed by atoms with Gasteiger partial charge in [0.2, 0.25) is 11.5 Å². The van der Waals surface area contributed by atoms with E-state index in [1.807, 2.05) is 25.1 Å². The van der Waals surface area contributed by atoms with Crippen molar-refractivity contribution in [2.75, 3.05) is 19.6 Å². The Morgan fingerprint density at radius 1 is 1.29 bits per heavy atom.